The van der Waals surface area contributed by atoms with Gasteiger partial charge in [0.25, 0.3) is 0 Å². The number of hydrogen-bond acceptors (Lipinski definition) is 0. The first-order valence-corrected chi connectivity index (χ1v) is 5.34. The molecule has 0 aliphatic heterocycles. The molecule has 0 N–H and O–H groups in total. The van der Waals surface area contributed by atoms with Crippen molar-refractivity contribution in [2.45, 2.75) is 58.8 Å². The van der Waals surface area contributed by atoms with Crippen LogP contribution in [0.25, 0.3) is 0 Å². The smallest absolute Gasteiger partial charge is 0.0388 e. The van der Waals surface area contributed by atoms with Crippen molar-refractivity contribution in [3.63, 3.8) is 0 Å². The van der Waals surface area contributed by atoms with Crippen LogP contribution < -0.4 is 0 Å². The van der Waals surface area contributed by atoms with Crippen LogP contribution in [0.2, 0.25) is 0 Å². The van der Waals surface area contributed by atoms with Gasteiger partial charge in [0, 0.05) is 0 Å². The Morgan fingerprint density at radius 3 is 2.45 bits per heavy atom. The fourth-order valence-electron chi connectivity index (χ4n) is 2.29. The lowest BCUT2D eigenvalue weighted by atomic mass is 9.88. The average Bonchev–Trinajstić information content (AvgIpc) is 2.52. The van der Waals surface area contributed by atoms with Gasteiger partial charge in [0.15, 0.2) is 0 Å². The molecule has 0 saturated heterocycles. The Morgan fingerprint density at radius 1 is 1.27 bits per heavy atom. The van der Waals surface area contributed by atoms with Crippen LogP contribution >= 0.6 is 0 Å². The molecule has 1 aliphatic rings. The summed E-state index contributed by atoms with van der Waals surface area (Å²) in [5.74, 6) is 2.10. The van der Waals surface area contributed by atoms with Gasteiger partial charge in [-0.25, -0.2) is 0 Å². The molecule has 0 heteroatoms. The predicted molar refractivity (Wildman–Crippen MR) is 50.6 cm³/mol. The molecule has 0 spiro atoms. The van der Waals surface area contributed by atoms with E-state index in [2.05, 4.69) is 13.8 Å². The van der Waals surface area contributed by atoms with Gasteiger partial charge < -0.3 is 0 Å². The minimum atomic E-state index is 1.01. The molecule has 0 aromatic rings. The third-order valence-electron chi connectivity index (χ3n) is 3.22. The highest BCUT2D eigenvalue weighted by Gasteiger charge is 2.20. The number of unbranched alkanes of at least 4 members (excludes halogenated alkanes) is 1. The largest absolute Gasteiger partial charge is 0.0654 e. The SMILES string of the molecule is CCCC[C@@H](C)C1CCCC1. The van der Waals surface area contributed by atoms with Crippen LogP contribution in [-0.4, -0.2) is 0 Å². The summed E-state index contributed by atoms with van der Waals surface area (Å²) < 4.78 is 0. The van der Waals surface area contributed by atoms with Gasteiger partial charge in [-0.3, -0.25) is 0 Å². The molecule has 0 aromatic heterocycles. The van der Waals surface area contributed by atoms with E-state index in [1.807, 2.05) is 0 Å². The summed E-state index contributed by atoms with van der Waals surface area (Å²) in [5.41, 5.74) is 0. The summed E-state index contributed by atoms with van der Waals surface area (Å²) in [4.78, 5) is 0. The lowest BCUT2D eigenvalue weighted by molar-refractivity contribution is 0.337. The zero-order valence-corrected chi connectivity index (χ0v) is 8.10. The Morgan fingerprint density at radius 2 is 1.91 bits per heavy atom. The summed E-state index contributed by atoms with van der Waals surface area (Å²) in [6, 6.07) is 0. The van der Waals surface area contributed by atoms with Crippen molar-refractivity contribution in [3.05, 3.63) is 0 Å². The fraction of sp³-hybridized carbons (Fsp3) is 1.00. The Balaban J connectivity index is 2.12. The molecular formula is C11H22. The Labute approximate surface area is 71.4 Å². The minimum Gasteiger partial charge on any atom is -0.0654 e. The van der Waals surface area contributed by atoms with Gasteiger partial charge in [-0.1, -0.05) is 58.8 Å². The van der Waals surface area contributed by atoms with E-state index in [-0.39, 0.29) is 0 Å². The third-order valence-corrected chi connectivity index (χ3v) is 3.22. The summed E-state index contributed by atoms with van der Waals surface area (Å²) in [6.45, 7) is 4.74. The molecule has 1 rings (SSSR count). The standard InChI is InChI=1S/C11H22/c1-3-4-7-10(2)11-8-5-6-9-11/h10-11H,3-9H2,1-2H3/t10-/m1/s1. The molecule has 66 valence electrons. The summed E-state index contributed by atoms with van der Waals surface area (Å²) in [7, 11) is 0. The molecule has 0 aromatic carbocycles. The maximum absolute atomic E-state index is 2.45. The van der Waals surface area contributed by atoms with E-state index >= 15 is 0 Å². The summed E-state index contributed by atoms with van der Waals surface area (Å²) in [5, 5.41) is 0. The number of hydrogen-bond donors (Lipinski definition) is 0. The monoisotopic (exact) mass is 154 g/mol. The lowest BCUT2D eigenvalue weighted by Gasteiger charge is -2.17. The van der Waals surface area contributed by atoms with Crippen LogP contribution in [0, 0.1) is 11.8 Å². The second kappa shape index (κ2) is 4.79. The zero-order chi connectivity index (χ0) is 8.10. The van der Waals surface area contributed by atoms with Crippen LogP contribution in [-0.2, 0) is 0 Å². The molecular weight excluding hydrogens is 132 g/mol. The lowest BCUT2D eigenvalue weighted by Crippen LogP contribution is -2.06. The van der Waals surface area contributed by atoms with Crippen molar-refractivity contribution < 1.29 is 0 Å². The molecule has 0 nitrogen and oxygen atoms in total. The van der Waals surface area contributed by atoms with Crippen molar-refractivity contribution in [1.29, 1.82) is 0 Å². The second-order valence-corrected chi connectivity index (χ2v) is 4.16. The molecule has 0 bridgehead atoms. The van der Waals surface area contributed by atoms with Gasteiger partial charge in [0.2, 0.25) is 0 Å². The first-order valence-electron chi connectivity index (χ1n) is 5.34. The fourth-order valence-corrected chi connectivity index (χ4v) is 2.29. The van der Waals surface area contributed by atoms with Gasteiger partial charge in [-0.2, -0.15) is 0 Å². The summed E-state index contributed by atoms with van der Waals surface area (Å²) in [6.07, 6.45) is 10.3. The van der Waals surface area contributed by atoms with Gasteiger partial charge in [0.1, 0.15) is 0 Å². The van der Waals surface area contributed by atoms with E-state index in [1.54, 1.807) is 0 Å². The maximum atomic E-state index is 2.45. The van der Waals surface area contributed by atoms with Gasteiger partial charge in [0.05, 0.1) is 0 Å². The van der Waals surface area contributed by atoms with Gasteiger partial charge in [-0.15, -0.1) is 0 Å². The highest BCUT2D eigenvalue weighted by molar-refractivity contribution is 4.72. The molecule has 0 unspecified atom stereocenters. The normalized spacial score (nSPS) is 22.4. The topological polar surface area (TPSA) is 0 Å². The average molecular weight is 154 g/mol. The van der Waals surface area contributed by atoms with E-state index in [0.29, 0.717) is 0 Å². The maximum Gasteiger partial charge on any atom is -0.0388 e. The van der Waals surface area contributed by atoms with E-state index in [4.69, 9.17) is 0 Å². The second-order valence-electron chi connectivity index (χ2n) is 4.16. The Hall–Kier alpha value is 0. The molecule has 11 heavy (non-hydrogen) atoms. The molecule has 0 heterocycles. The molecule has 1 atom stereocenters. The van der Waals surface area contributed by atoms with E-state index in [1.165, 1.54) is 44.9 Å². The van der Waals surface area contributed by atoms with Crippen LogP contribution in [0.4, 0.5) is 0 Å². The van der Waals surface area contributed by atoms with Gasteiger partial charge in [-0.05, 0) is 11.8 Å². The zero-order valence-electron chi connectivity index (χ0n) is 8.10. The molecule has 0 amide bonds. The van der Waals surface area contributed by atoms with E-state index in [9.17, 15) is 0 Å². The molecule has 1 fully saturated rings. The van der Waals surface area contributed by atoms with Crippen molar-refractivity contribution in [2.24, 2.45) is 11.8 Å². The van der Waals surface area contributed by atoms with Crippen LogP contribution in [0.1, 0.15) is 58.8 Å². The molecule has 0 radical (unpaired) electrons. The van der Waals surface area contributed by atoms with Crippen LogP contribution in [0.3, 0.4) is 0 Å². The first-order chi connectivity index (χ1) is 5.34. The third kappa shape index (κ3) is 2.84. The molecule has 1 saturated carbocycles. The van der Waals surface area contributed by atoms with E-state index in [0.717, 1.165) is 11.8 Å². The van der Waals surface area contributed by atoms with Crippen molar-refractivity contribution in [3.8, 4) is 0 Å². The highest BCUT2D eigenvalue weighted by atomic mass is 14.3. The first kappa shape index (κ1) is 9.09. The highest BCUT2D eigenvalue weighted by Crippen LogP contribution is 2.33. The predicted octanol–water partition coefficient (Wildman–Crippen LogP) is 4.00. The van der Waals surface area contributed by atoms with Crippen LogP contribution in [0.5, 0.6) is 0 Å². The van der Waals surface area contributed by atoms with Gasteiger partial charge >= 0.3 is 0 Å². The Bertz CT molecular complexity index is 90.2. The Kier molecular flexibility index (Phi) is 3.96. The van der Waals surface area contributed by atoms with E-state index < -0.39 is 0 Å². The molecule has 1 aliphatic carbocycles. The number of rotatable bonds is 4. The quantitative estimate of drug-likeness (QED) is 0.574. The van der Waals surface area contributed by atoms with Crippen molar-refractivity contribution in [1.82, 2.24) is 0 Å². The minimum absolute atomic E-state index is 1.01. The van der Waals surface area contributed by atoms with Crippen molar-refractivity contribution in [2.75, 3.05) is 0 Å². The van der Waals surface area contributed by atoms with Crippen LogP contribution in [0.15, 0.2) is 0 Å². The summed E-state index contributed by atoms with van der Waals surface area (Å²) >= 11 is 0. The van der Waals surface area contributed by atoms with Crippen molar-refractivity contribution >= 4 is 0 Å².